The maximum atomic E-state index is 12.0. The fraction of sp³-hybridized carbons (Fsp3) is 0.321. The number of rotatable bonds is 11. The van der Waals surface area contributed by atoms with E-state index < -0.39 is 0 Å². The van der Waals surface area contributed by atoms with Crippen molar-refractivity contribution >= 4 is 34.4 Å². The van der Waals surface area contributed by atoms with Crippen LogP contribution in [0.5, 0.6) is 17.4 Å². The summed E-state index contributed by atoms with van der Waals surface area (Å²) >= 11 is 6.39. The highest BCUT2D eigenvalue weighted by atomic mass is 35.5. The van der Waals surface area contributed by atoms with E-state index in [-0.39, 0.29) is 12.1 Å². The minimum absolute atomic E-state index is 0.261. The number of likely N-dealkylation sites (N-methyl/N-ethyl adjacent to an activating group) is 1. The molecule has 2 amide bonds. The molecule has 0 spiro atoms. The van der Waals surface area contributed by atoms with Crippen molar-refractivity contribution in [2.75, 3.05) is 31.6 Å². The highest BCUT2D eigenvalue weighted by molar-refractivity contribution is 6.33. The van der Waals surface area contributed by atoms with Crippen LogP contribution >= 0.6 is 11.6 Å². The van der Waals surface area contributed by atoms with Gasteiger partial charge in [0.05, 0.1) is 16.1 Å². The molecule has 5 rings (SSSR count). The lowest BCUT2D eigenvalue weighted by molar-refractivity contribution is 0.223. The van der Waals surface area contributed by atoms with E-state index in [4.69, 9.17) is 21.1 Å². The molecule has 0 unspecified atom stereocenters. The van der Waals surface area contributed by atoms with Crippen LogP contribution in [0.25, 0.3) is 22.3 Å². The minimum atomic E-state index is -0.264. The van der Waals surface area contributed by atoms with Gasteiger partial charge in [-0.25, -0.2) is 14.8 Å². The van der Waals surface area contributed by atoms with Crippen LogP contribution in [0.3, 0.4) is 0 Å². The van der Waals surface area contributed by atoms with Gasteiger partial charge in [0.15, 0.2) is 0 Å². The second-order valence-corrected chi connectivity index (χ2v) is 9.55. The van der Waals surface area contributed by atoms with E-state index in [0.717, 1.165) is 54.9 Å². The van der Waals surface area contributed by atoms with Crippen LogP contribution in [-0.2, 0) is 0 Å². The normalized spacial score (nSPS) is 13.1. The summed E-state index contributed by atoms with van der Waals surface area (Å²) in [6.07, 6.45) is 3.47. The average molecular weight is 535 g/mol. The van der Waals surface area contributed by atoms with Crippen molar-refractivity contribution in [1.29, 1.82) is 0 Å². The fourth-order valence-corrected chi connectivity index (χ4v) is 4.28. The van der Waals surface area contributed by atoms with Crippen LogP contribution in [0.4, 0.5) is 10.5 Å². The number of carbonyl (C=O) groups excluding carboxylic acids is 1. The summed E-state index contributed by atoms with van der Waals surface area (Å²) in [4.78, 5) is 26.4. The fourth-order valence-electron chi connectivity index (χ4n) is 4.06. The first kappa shape index (κ1) is 25.8. The number of H-pyrrole nitrogens is 1. The zero-order valence-electron chi connectivity index (χ0n) is 21.5. The van der Waals surface area contributed by atoms with Crippen LogP contribution in [0.1, 0.15) is 26.7 Å². The minimum Gasteiger partial charge on any atom is -0.492 e. The first-order valence-corrected chi connectivity index (χ1v) is 13.2. The molecule has 1 fully saturated rings. The first-order valence-electron chi connectivity index (χ1n) is 12.9. The lowest BCUT2D eigenvalue weighted by Gasteiger charge is -2.18. The molecule has 0 saturated heterocycles. The average Bonchev–Trinajstić information content (AvgIpc) is 3.62. The van der Waals surface area contributed by atoms with Gasteiger partial charge < -0.3 is 30.0 Å². The summed E-state index contributed by atoms with van der Waals surface area (Å²) < 4.78 is 12.0. The molecule has 1 aliphatic carbocycles. The summed E-state index contributed by atoms with van der Waals surface area (Å²) in [7, 11) is 0. The number of nitrogens with zero attached hydrogens (tertiary/aromatic N) is 3. The van der Waals surface area contributed by atoms with E-state index in [0.29, 0.717) is 34.6 Å². The molecule has 0 bridgehead atoms. The quantitative estimate of drug-likeness (QED) is 0.215. The molecule has 2 aromatic heterocycles. The van der Waals surface area contributed by atoms with Crippen LogP contribution in [-0.4, -0.2) is 58.2 Å². The highest BCUT2D eigenvalue weighted by Crippen LogP contribution is 2.34. The van der Waals surface area contributed by atoms with Gasteiger partial charge in [-0.3, -0.25) is 0 Å². The second kappa shape index (κ2) is 11.7. The second-order valence-electron chi connectivity index (χ2n) is 9.14. The summed E-state index contributed by atoms with van der Waals surface area (Å²) in [5.74, 6) is 1.73. The van der Waals surface area contributed by atoms with Gasteiger partial charge in [0.1, 0.15) is 30.1 Å². The van der Waals surface area contributed by atoms with Gasteiger partial charge in [0, 0.05) is 24.3 Å². The summed E-state index contributed by atoms with van der Waals surface area (Å²) in [6, 6.07) is 15.0. The number of anilines is 1. The number of aromatic amines is 1. The van der Waals surface area contributed by atoms with Crippen LogP contribution in [0.15, 0.2) is 54.9 Å². The standard InChI is InChI=1S/C28H31ClN6O3/c1-3-35(4-2)13-14-37-20-9-5-18(6-10-20)25-16-22-26(33-25)30-17-31-27(22)38-21-11-12-24(23(29)15-21)34-28(36)32-19-7-8-19/h5-6,9-12,15-17,19H,3-4,7-8,13-14H2,1-2H3,(H,30,31,33)(H2,32,34,36). The number of ether oxygens (including phenoxy) is 2. The van der Waals surface area contributed by atoms with Crippen molar-refractivity contribution in [3.05, 3.63) is 59.9 Å². The molecule has 0 radical (unpaired) electrons. The molecular formula is C28H31ClN6O3. The third-order valence-electron chi connectivity index (χ3n) is 6.44. The molecule has 0 aliphatic heterocycles. The predicted molar refractivity (Wildman–Crippen MR) is 149 cm³/mol. The molecule has 2 heterocycles. The smallest absolute Gasteiger partial charge is 0.319 e. The number of carbonyl (C=O) groups is 1. The molecule has 9 nitrogen and oxygen atoms in total. The van der Waals surface area contributed by atoms with Gasteiger partial charge in [0.25, 0.3) is 0 Å². The van der Waals surface area contributed by atoms with Gasteiger partial charge in [0.2, 0.25) is 5.88 Å². The Bertz CT molecular complexity index is 1400. The lowest BCUT2D eigenvalue weighted by Crippen LogP contribution is -2.30. The Morgan fingerprint density at radius 2 is 1.84 bits per heavy atom. The molecule has 1 aliphatic rings. The largest absolute Gasteiger partial charge is 0.492 e. The van der Waals surface area contributed by atoms with Crippen LogP contribution < -0.4 is 20.1 Å². The topological polar surface area (TPSA) is 104 Å². The number of benzene rings is 2. The Balaban J connectivity index is 1.26. The molecule has 4 aromatic rings. The number of urea groups is 1. The predicted octanol–water partition coefficient (Wildman–Crippen LogP) is 6.08. The maximum absolute atomic E-state index is 12.0. The molecule has 10 heteroatoms. The Labute approximate surface area is 226 Å². The number of hydrogen-bond acceptors (Lipinski definition) is 6. The summed E-state index contributed by atoms with van der Waals surface area (Å²) in [5.41, 5.74) is 3.05. The van der Waals surface area contributed by atoms with Gasteiger partial charge in [-0.05, 0) is 74.0 Å². The first-order chi connectivity index (χ1) is 18.5. The summed E-state index contributed by atoms with van der Waals surface area (Å²) in [5, 5.41) is 6.75. The van der Waals surface area contributed by atoms with Crippen molar-refractivity contribution in [2.45, 2.75) is 32.7 Å². The number of fused-ring (bicyclic) bond motifs is 1. The zero-order valence-corrected chi connectivity index (χ0v) is 22.2. The molecule has 198 valence electrons. The van der Waals surface area contributed by atoms with Crippen molar-refractivity contribution < 1.29 is 14.3 Å². The number of aromatic nitrogens is 3. The molecule has 0 atom stereocenters. The van der Waals surface area contributed by atoms with Gasteiger partial charge >= 0.3 is 6.03 Å². The number of nitrogens with one attached hydrogen (secondary N) is 3. The van der Waals surface area contributed by atoms with E-state index in [1.165, 1.54) is 6.33 Å². The zero-order chi connectivity index (χ0) is 26.5. The molecule has 1 saturated carbocycles. The SMILES string of the molecule is CCN(CC)CCOc1ccc(-c2cc3c(Oc4ccc(NC(=O)NC5CC5)c(Cl)c4)ncnc3[nH]2)cc1. The molecule has 2 aromatic carbocycles. The Morgan fingerprint density at radius 1 is 1.08 bits per heavy atom. The Kier molecular flexibility index (Phi) is 7.95. The number of hydrogen-bond donors (Lipinski definition) is 3. The van der Waals surface area contributed by atoms with Crippen molar-refractivity contribution in [2.24, 2.45) is 0 Å². The van der Waals surface area contributed by atoms with Crippen molar-refractivity contribution in [3.8, 4) is 28.6 Å². The van der Waals surface area contributed by atoms with E-state index in [1.54, 1.807) is 18.2 Å². The monoisotopic (exact) mass is 534 g/mol. The van der Waals surface area contributed by atoms with Crippen LogP contribution in [0, 0.1) is 0 Å². The third kappa shape index (κ3) is 6.35. The van der Waals surface area contributed by atoms with Gasteiger partial charge in [-0.15, -0.1) is 0 Å². The molecule has 3 N–H and O–H groups in total. The summed E-state index contributed by atoms with van der Waals surface area (Å²) in [6.45, 7) is 7.89. The third-order valence-corrected chi connectivity index (χ3v) is 6.75. The maximum Gasteiger partial charge on any atom is 0.319 e. The molecular weight excluding hydrogens is 504 g/mol. The van der Waals surface area contributed by atoms with Gasteiger partial charge in [-0.1, -0.05) is 25.4 Å². The van der Waals surface area contributed by atoms with Crippen LogP contribution in [0.2, 0.25) is 5.02 Å². The Hall–Kier alpha value is -3.82. The number of halogens is 1. The van der Waals surface area contributed by atoms with Crippen molar-refractivity contribution in [1.82, 2.24) is 25.2 Å². The Morgan fingerprint density at radius 3 is 2.55 bits per heavy atom. The van der Waals surface area contributed by atoms with E-state index in [1.807, 2.05) is 30.3 Å². The highest BCUT2D eigenvalue weighted by Gasteiger charge is 2.23. The number of amides is 2. The van der Waals surface area contributed by atoms with Gasteiger partial charge in [-0.2, -0.15) is 0 Å². The molecule has 38 heavy (non-hydrogen) atoms. The van der Waals surface area contributed by atoms with E-state index in [2.05, 4.69) is 44.3 Å². The van der Waals surface area contributed by atoms with Crippen molar-refractivity contribution in [3.63, 3.8) is 0 Å². The van der Waals surface area contributed by atoms with E-state index in [9.17, 15) is 4.79 Å². The van der Waals surface area contributed by atoms with E-state index >= 15 is 0 Å². The lowest BCUT2D eigenvalue weighted by atomic mass is 10.1.